The Bertz CT molecular complexity index is 2090. The Hall–Kier alpha value is -5.64. The Morgan fingerprint density at radius 1 is 0.745 bits per heavy atom. The first-order chi connectivity index (χ1) is 26.9. The molecule has 2 aliphatic heterocycles. The number of aryl methyl sites for hydroxylation is 1. The molecule has 1 saturated heterocycles. The molecule has 2 aliphatic rings. The number of carbonyl (C=O) groups excluding carboxylic acids is 3. The van der Waals surface area contributed by atoms with Gasteiger partial charge in [-0.25, -0.2) is 0 Å². The van der Waals surface area contributed by atoms with Crippen LogP contribution in [0.1, 0.15) is 39.0 Å². The summed E-state index contributed by atoms with van der Waals surface area (Å²) in [5.41, 5.74) is 5.88. The van der Waals surface area contributed by atoms with E-state index in [9.17, 15) is 14.4 Å². The van der Waals surface area contributed by atoms with Crippen LogP contribution in [0.25, 0.3) is 0 Å². The van der Waals surface area contributed by atoms with Gasteiger partial charge in [0.15, 0.2) is 0 Å². The van der Waals surface area contributed by atoms with Gasteiger partial charge in [-0.1, -0.05) is 90.5 Å². The minimum Gasteiger partial charge on any atom is -0.457 e. The van der Waals surface area contributed by atoms with Crippen molar-refractivity contribution in [2.24, 2.45) is 0 Å². The number of halogens is 1. The summed E-state index contributed by atoms with van der Waals surface area (Å²) in [6.45, 7) is 3.14. The standard InChI is InChI=1S/C45H46ClN5O4/c46-36-20-17-32(18-21-36)19-22-40(49-44(53)41-30-34-10-4-5-11-35(34)31-48-41)45(54)51-27-25-50(26-28-51)42-16-7-6-15-39(42)43(52)47-24-23-33-9-8-14-38(29-33)55-37-12-2-1-3-13-37/h1-18,20-21,29,40-41,48H,19,22-28,30-31H2,(H,47,52)(H,49,53)/t40-,41+/m1/s1. The summed E-state index contributed by atoms with van der Waals surface area (Å²) in [5, 5.41) is 10.2. The molecule has 3 amide bonds. The van der Waals surface area contributed by atoms with E-state index in [4.69, 9.17) is 16.3 Å². The maximum Gasteiger partial charge on any atom is 0.253 e. The molecule has 0 spiro atoms. The van der Waals surface area contributed by atoms with Crippen molar-refractivity contribution >= 4 is 35.0 Å². The molecular formula is C45H46ClN5O4. The number of benzene rings is 5. The first kappa shape index (κ1) is 37.7. The van der Waals surface area contributed by atoms with Crippen molar-refractivity contribution in [1.82, 2.24) is 20.9 Å². The van der Waals surface area contributed by atoms with Gasteiger partial charge in [0, 0.05) is 50.0 Å². The smallest absolute Gasteiger partial charge is 0.253 e. The number of ether oxygens (including phenoxy) is 1. The molecule has 55 heavy (non-hydrogen) atoms. The van der Waals surface area contributed by atoms with Gasteiger partial charge in [-0.05, 0) is 96.5 Å². The largest absolute Gasteiger partial charge is 0.457 e. The Kier molecular flexibility index (Phi) is 12.4. The van der Waals surface area contributed by atoms with E-state index < -0.39 is 12.1 Å². The van der Waals surface area contributed by atoms with Crippen LogP contribution in [-0.2, 0) is 35.4 Å². The monoisotopic (exact) mass is 755 g/mol. The molecule has 1 fully saturated rings. The summed E-state index contributed by atoms with van der Waals surface area (Å²) < 4.78 is 5.98. The van der Waals surface area contributed by atoms with Crippen LogP contribution in [-0.4, -0.2) is 67.4 Å². The van der Waals surface area contributed by atoms with E-state index >= 15 is 0 Å². The summed E-state index contributed by atoms with van der Waals surface area (Å²) in [4.78, 5) is 45.3. The molecule has 0 radical (unpaired) electrons. The van der Waals surface area contributed by atoms with Crippen LogP contribution >= 0.6 is 11.6 Å². The fourth-order valence-corrected chi connectivity index (χ4v) is 7.39. The average Bonchev–Trinajstić information content (AvgIpc) is 3.23. The first-order valence-corrected chi connectivity index (χ1v) is 19.4. The van der Waals surface area contributed by atoms with E-state index in [0.717, 1.165) is 33.9 Å². The molecular weight excluding hydrogens is 710 g/mol. The maximum atomic E-state index is 14.1. The van der Waals surface area contributed by atoms with Crippen molar-refractivity contribution in [2.45, 2.75) is 44.3 Å². The van der Waals surface area contributed by atoms with Gasteiger partial charge in [0.25, 0.3) is 5.91 Å². The summed E-state index contributed by atoms with van der Waals surface area (Å²) >= 11 is 6.12. The highest BCUT2D eigenvalue weighted by Crippen LogP contribution is 2.25. The van der Waals surface area contributed by atoms with Crippen molar-refractivity contribution in [1.29, 1.82) is 0 Å². The van der Waals surface area contributed by atoms with E-state index in [1.807, 2.05) is 120 Å². The molecule has 9 nitrogen and oxygen atoms in total. The second kappa shape index (κ2) is 18.1. The molecule has 2 heterocycles. The van der Waals surface area contributed by atoms with Crippen molar-refractivity contribution in [3.63, 3.8) is 0 Å². The Balaban J connectivity index is 0.953. The number of carbonyl (C=O) groups is 3. The van der Waals surface area contributed by atoms with Crippen molar-refractivity contribution in [3.8, 4) is 11.5 Å². The normalized spacial score (nSPS) is 15.8. The van der Waals surface area contributed by atoms with Crippen LogP contribution in [0, 0.1) is 0 Å². The number of amides is 3. The summed E-state index contributed by atoms with van der Waals surface area (Å²) in [7, 11) is 0. The number of anilines is 1. The lowest BCUT2D eigenvalue weighted by molar-refractivity contribution is -0.137. The summed E-state index contributed by atoms with van der Waals surface area (Å²) in [6.07, 6.45) is 2.30. The first-order valence-electron chi connectivity index (χ1n) is 19.0. The lowest BCUT2D eigenvalue weighted by atomic mass is 9.95. The Morgan fingerprint density at radius 3 is 2.25 bits per heavy atom. The second-order valence-corrected chi connectivity index (χ2v) is 14.5. The molecule has 0 aromatic heterocycles. The molecule has 0 bridgehead atoms. The molecule has 282 valence electrons. The SMILES string of the molecule is O=C(NCCc1cccc(Oc2ccccc2)c1)c1ccccc1N1CCN(C(=O)[C@@H](CCc2ccc(Cl)cc2)NC(=O)[C@@H]2Cc3ccccc3CN2)CC1. The molecule has 10 heteroatoms. The van der Waals surface area contributed by atoms with Gasteiger partial charge < -0.3 is 30.5 Å². The lowest BCUT2D eigenvalue weighted by Crippen LogP contribution is -2.58. The Morgan fingerprint density at radius 2 is 1.45 bits per heavy atom. The summed E-state index contributed by atoms with van der Waals surface area (Å²) in [5.74, 6) is 1.11. The number of hydrogen-bond donors (Lipinski definition) is 3. The summed E-state index contributed by atoms with van der Waals surface area (Å²) in [6, 6.07) is 39.8. The fraction of sp³-hybridized carbons (Fsp3) is 0.267. The van der Waals surface area contributed by atoms with Crippen molar-refractivity contribution in [2.75, 3.05) is 37.6 Å². The van der Waals surface area contributed by atoms with Crippen LogP contribution in [0.15, 0.2) is 127 Å². The topological polar surface area (TPSA) is 103 Å². The van der Waals surface area contributed by atoms with Crippen LogP contribution in [0.5, 0.6) is 11.5 Å². The van der Waals surface area contributed by atoms with E-state index in [2.05, 4.69) is 33.0 Å². The quantitative estimate of drug-likeness (QED) is 0.126. The van der Waals surface area contributed by atoms with Crippen LogP contribution in [0.2, 0.25) is 5.02 Å². The zero-order valence-electron chi connectivity index (χ0n) is 30.8. The average molecular weight is 756 g/mol. The van der Waals surface area contributed by atoms with E-state index in [1.165, 1.54) is 5.56 Å². The third-order valence-electron chi connectivity index (χ3n) is 10.3. The Labute approximate surface area is 327 Å². The van der Waals surface area contributed by atoms with Crippen LogP contribution in [0.3, 0.4) is 0 Å². The number of nitrogens with one attached hydrogen (secondary N) is 3. The highest BCUT2D eigenvalue weighted by atomic mass is 35.5. The highest BCUT2D eigenvalue weighted by molar-refractivity contribution is 6.30. The molecule has 3 N–H and O–H groups in total. The van der Waals surface area contributed by atoms with Crippen LogP contribution < -0.4 is 25.6 Å². The fourth-order valence-electron chi connectivity index (χ4n) is 7.27. The predicted octanol–water partition coefficient (Wildman–Crippen LogP) is 6.59. The minimum absolute atomic E-state index is 0.0950. The van der Waals surface area contributed by atoms with Gasteiger partial charge in [-0.3, -0.25) is 14.4 Å². The third-order valence-corrected chi connectivity index (χ3v) is 10.6. The highest BCUT2D eigenvalue weighted by Gasteiger charge is 2.32. The van der Waals surface area contributed by atoms with Gasteiger partial charge in [0.05, 0.1) is 11.6 Å². The number of nitrogens with zero attached hydrogens (tertiary/aromatic N) is 2. The van der Waals surface area contributed by atoms with Gasteiger partial charge in [0.2, 0.25) is 11.8 Å². The van der Waals surface area contributed by atoms with Gasteiger partial charge in [-0.2, -0.15) is 0 Å². The van der Waals surface area contributed by atoms with Gasteiger partial charge in [0.1, 0.15) is 17.5 Å². The molecule has 5 aromatic carbocycles. The zero-order valence-corrected chi connectivity index (χ0v) is 31.5. The van der Waals surface area contributed by atoms with Gasteiger partial charge in [-0.15, -0.1) is 0 Å². The minimum atomic E-state index is -0.683. The molecule has 7 rings (SSSR count). The number of piperazine rings is 1. The third kappa shape index (κ3) is 9.92. The zero-order chi connectivity index (χ0) is 38.0. The van der Waals surface area contributed by atoms with Crippen molar-refractivity contribution in [3.05, 3.63) is 160 Å². The second-order valence-electron chi connectivity index (χ2n) is 14.0. The van der Waals surface area contributed by atoms with E-state index in [-0.39, 0.29) is 17.7 Å². The van der Waals surface area contributed by atoms with Crippen LogP contribution in [0.4, 0.5) is 5.69 Å². The number of hydrogen-bond acceptors (Lipinski definition) is 6. The molecule has 0 saturated carbocycles. The van der Waals surface area contributed by atoms with Gasteiger partial charge >= 0.3 is 0 Å². The number of rotatable bonds is 13. The van der Waals surface area contributed by atoms with E-state index in [0.29, 0.717) is 75.5 Å². The van der Waals surface area contributed by atoms with Crippen molar-refractivity contribution < 1.29 is 19.1 Å². The maximum absolute atomic E-state index is 14.1. The predicted molar refractivity (Wildman–Crippen MR) is 217 cm³/mol. The van der Waals surface area contributed by atoms with E-state index in [1.54, 1.807) is 0 Å². The number of fused-ring (bicyclic) bond motifs is 1. The molecule has 0 unspecified atom stereocenters. The molecule has 5 aromatic rings. The lowest BCUT2D eigenvalue weighted by Gasteiger charge is -2.38. The molecule has 0 aliphatic carbocycles. The molecule has 2 atom stereocenters. The number of para-hydroxylation sites is 2.